The minimum atomic E-state index is -1.03. The summed E-state index contributed by atoms with van der Waals surface area (Å²) in [6, 6.07) is 0. The molecule has 0 bridgehead atoms. The lowest BCUT2D eigenvalue weighted by molar-refractivity contribution is -0.138. The molecule has 0 aromatic heterocycles. The van der Waals surface area contributed by atoms with Gasteiger partial charge in [-0.05, 0) is 31.9 Å². The highest BCUT2D eigenvalue weighted by Crippen LogP contribution is 2.26. The number of carboxylic acid groups (broad SMARTS) is 1. The topological polar surface area (TPSA) is 101 Å². The number of aliphatic carboxylic acids is 1. The van der Waals surface area contributed by atoms with Crippen LogP contribution in [0.15, 0.2) is 24.3 Å². The Labute approximate surface area is 143 Å². The summed E-state index contributed by atoms with van der Waals surface area (Å²) in [6.45, 7) is 7.42. The number of thioether (sulfide) groups is 1. The van der Waals surface area contributed by atoms with Crippen molar-refractivity contribution < 1.29 is 19.8 Å². The van der Waals surface area contributed by atoms with Crippen LogP contribution in [0.3, 0.4) is 0 Å². The normalized spacial score (nSPS) is 17.2. The number of aliphatic hydroxyl groups excluding tert-OH is 1. The molecule has 5 nitrogen and oxygen atoms in total. The van der Waals surface area contributed by atoms with Crippen LogP contribution in [0.5, 0.6) is 0 Å². The summed E-state index contributed by atoms with van der Waals surface area (Å²) in [7, 11) is 0. The minimum absolute atomic E-state index is 0.0190. The number of ketones is 1. The molecule has 0 aliphatic carbocycles. The molecule has 23 heavy (non-hydrogen) atoms. The van der Waals surface area contributed by atoms with Crippen LogP contribution in [0.4, 0.5) is 0 Å². The zero-order valence-electron chi connectivity index (χ0n) is 14.2. The molecule has 3 unspecified atom stereocenters. The fourth-order valence-electron chi connectivity index (χ4n) is 2.45. The van der Waals surface area contributed by atoms with Gasteiger partial charge in [0.25, 0.3) is 0 Å². The maximum atomic E-state index is 12.3. The second kappa shape index (κ2) is 11.4. The first kappa shape index (κ1) is 21.9. The summed E-state index contributed by atoms with van der Waals surface area (Å²) in [5.41, 5.74) is 6.34. The molecule has 0 saturated heterocycles. The van der Waals surface area contributed by atoms with Crippen LogP contribution in [0.2, 0.25) is 0 Å². The van der Waals surface area contributed by atoms with Crippen LogP contribution >= 0.6 is 11.8 Å². The Morgan fingerprint density at radius 1 is 1.30 bits per heavy atom. The summed E-state index contributed by atoms with van der Waals surface area (Å²) in [5.74, 6) is -1.23. The van der Waals surface area contributed by atoms with E-state index in [4.69, 9.17) is 10.8 Å². The molecule has 0 spiro atoms. The number of rotatable bonds is 12. The van der Waals surface area contributed by atoms with Crippen LogP contribution < -0.4 is 5.73 Å². The molecular formula is C17H29NO4S. The highest BCUT2D eigenvalue weighted by atomic mass is 32.2. The van der Waals surface area contributed by atoms with Gasteiger partial charge in [0.2, 0.25) is 0 Å². The molecule has 0 aromatic carbocycles. The zero-order chi connectivity index (χ0) is 18.0. The van der Waals surface area contributed by atoms with Crippen molar-refractivity contribution in [3.63, 3.8) is 0 Å². The van der Waals surface area contributed by atoms with E-state index in [9.17, 15) is 14.7 Å². The molecule has 0 radical (unpaired) electrons. The van der Waals surface area contributed by atoms with Crippen LogP contribution in [0.1, 0.15) is 39.5 Å². The van der Waals surface area contributed by atoms with Gasteiger partial charge in [-0.15, -0.1) is 0 Å². The number of nitrogens with two attached hydrogens (primary N) is 1. The summed E-state index contributed by atoms with van der Waals surface area (Å²) in [4.78, 5) is 23.2. The number of carbonyl (C=O) groups is 2. The lowest BCUT2D eigenvalue weighted by Crippen LogP contribution is -2.27. The molecule has 0 amide bonds. The van der Waals surface area contributed by atoms with Gasteiger partial charge in [-0.3, -0.25) is 9.59 Å². The van der Waals surface area contributed by atoms with E-state index in [0.717, 1.165) is 5.57 Å². The van der Waals surface area contributed by atoms with Crippen LogP contribution in [0.25, 0.3) is 0 Å². The highest BCUT2D eigenvalue weighted by molar-refractivity contribution is 7.99. The summed E-state index contributed by atoms with van der Waals surface area (Å²) < 4.78 is 0. The van der Waals surface area contributed by atoms with E-state index in [0.29, 0.717) is 12.8 Å². The monoisotopic (exact) mass is 343 g/mol. The predicted molar refractivity (Wildman–Crippen MR) is 95.2 cm³/mol. The number of Topliss-reactive ketones (excluding diaryl/α,β-unsaturated/α-hetero) is 1. The van der Waals surface area contributed by atoms with Crippen molar-refractivity contribution in [3.05, 3.63) is 24.3 Å². The number of hydrogen-bond acceptors (Lipinski definition) is 5. The number of allylic oxidation sites excluding steroid dienone is 3. The Hall–Kier alpha value is -1.11. The fourth-order valence-corrected chi connectivity index (χ4v) is 3.25. The molecule has 0 saturated carbocycles. The maximum Gasteiger partial charge on any atom is 0.303 e. The van der Waals surface area contributed by atoms with Crippen molar-refractivity contribution in [1.29, 1.82) is 0 Å². The second-order valence-electron chi connectivity index (χ2n) is 5.93. The van der Waals surface area contributed by atoms with Crippen molar-refractivity contribution >= 4 is 23.5 Å². The first-order chi connectivity index (χ1) is 10.7. The molecule has 0 rings (SSSR count). The quantitative estimate of drug-likeness (QED) is 0.372. The van der Waals surface area contributed by atoms with Crippen LogP contribution in [-0.2, 0) is 9.59 Å². The maximum absolute atomic E-state index is 12.3. The number of hydrogen-bond donors (Lipinski definition) is 3. The molecule has 4 N–H and O–H groups in total. The first-order valence-corrected chi connectivity index (χ1v) is 9.00. The third-order valence-electron chi connectivity index (χ3n) is 3.74. The molecule has 0 fully saturated rings. The Morgan fingerprint density at radius 2 is 1.91 bits per heavy atom. The van der Waals surface area contributed by atoms with Crippen LogP contribution in [-0.4, -0.2) is 39.7 Å². The van der Waals surface area contributed by atoms with Gasteiger partial charge < -0.3 is 15.9 Å². The van der Waals surface area contributed by atoms with E-state index in [2.05, 4.69) is 6.58 Å². The smallest absolute Gasteiger partial charge is 0.303 e. The standard InChI is InChI=1S/C17H29NO4S/c1-5-11(2)6-12(3)15(19)10-14(23-4)7-13(8-16(18)20)9-17(21)22/h5-6,12-14,16,20H,1,7-10,18H2,2-4H3,(H,21,22)/b11-6+/t12-,13?,14?,16?/m1/s1. The number of carboxylic acids is 1. The third-order valence-corrected chi connectivity index (χ3v) is 4.77. The molecule has 0 aromatic rings. The van der Waals surface area contributed by atoms with Crippen molar-refractivity contribution in [3.8, 4) is 0 Å². The molecule has 0 aliphatic heterocycles. The summed E-state index contributed by atoms with van der Waals surface area (Å²) in [5, 5.41) is 18.3. The Kier molecular flexibility index (Phi) is 10.9. The van der Waals surface area contributed by atoms with Crippen molar-refractivity contribution in [2.24, 2.45) is 17.6 Å². The largest absolute Gasteiger partial charge is 0.481 e. The summed E-state index contributed by atoms with van der Waals surface area (Å²) >= 11 is 1.55. The fraction of sp³-hybridized carbons (Fsp3) is 0.647. The van der Waals surface area contributed by atoms with Gasteiger partial charge in [-0.2, -0.15) is 11.8 Å². The molecule has 0 aliphatic rings. The van der Waals surface area contributed by atoms with E-state index < -0.39 is 12.2 Å². The molecule has 132 valence electrons. The van der Waals surface area contributed by atoms with Gasteiger partial charge in [-0.1, -0.05) is 31.2 Å². The number of aliphatic hydroxyl groups is 1. The van der Waals surface area contributed by atoms with Gasteiger partial charge in [0.05, 0.1) is 0 Å². The Bertz CT molecular complexity index is 434. The highest BCUT2D eigenvalue weighted by Gasteiger charge is 2.23. The predicted octanol–water partition coefficient (Wildman–Crippen LogP) is 2.59. The lowest BCUT2D eigenvalue weighted by Gasteiger charge is -2.22. The Morgan fingerprint density at radius 3 is 2.35 bits per heavy atom. The lowest BCUT2D eigenvalue weighted by atomic mass is 9.91. The number of carbonyl (C=O) groups excluding carboxylic acids is 1. The molecule has 6 heteroatoms. The van der Waals surface area contributed by atoms with Gasteiger partial charge >= 0.3 is 5.97 Å². The van der Waals surface area contributed by atoms with E-state index in [1.165, 1.54) is 0 Å². The van der Waals surface area contributed by atoms with Crippen molar-refractivity contribution in [1.82, 2.24) is 0 Å². The van der Waals surface area contributed by atoms with Gasteiger partial charge in [0.15, 0.2) is 0 Å². The van der Waals surface area contributed by atoms with E-state index >= 15 is 0 Å². The van der Waals surface area contributed by atoms with E-state index in [-0.39, 0.29) is 35.7 Å². The molecular weight excluding hydrogens is 314 g/mol. The van der Waals surface area contributed by atoms with Crippen LogP contribution in [0, 0.1) is 11.8 Å². The summed E-state index contributed by atoms with van der Waals surface area (Å²) in [6.07, 6.45) is 5.56. The average Bonchev–Trinajstić information content (AvgIpc) is 2.44. The van der Waals surface area contributed by atoms with Crippen molar-refractivity contribution in [2.45, 2.75) is 51.0 Å². The molecule has 4 atom stereocenters. The first-order valence-electron chi connectivity index (χ1n) is 7.71. The third kappa shape index (κ3) is 10.3. The molecule has 0 heterocycles. The van der Waals surface area contributed by atoms with E-state index in [1.54, 1.807) is 17.8 Å². The second-order valence-corrected chi connectivity index (χ2v) is 7.07. The SMILES string of the molecule is C=C/C(C)=C/[C@@H](C)C(=O)CC(CC(CC(=O)O)CC(N)O)SC. The van der Waals surface area contributed by atoms with E-state index in [1.807, 2.05) is 26.2 Å². The van der Waals surface area contributed by atoms with Gasteiger partial charge in [0.1, 0.15) is 12.0 Å². The average molecular weight is 343 g/mol. The van der Waals surface area contributed by atoms with Crippen molar-refractivity contribution in [2.75, 3.05) is 6.26 Å². The Balaban J connectivity index is 4.75. The zero-order valence-corrected chi connectivity index (χ0v) is 15.0. The minimum Gasteiger partial charge on any atom is -0.481 e. The van der Waals surface area contributed by atoms with Gasteiger partial charge in [0, 0.05) is 24.0 Å². The van der Waals surface area contributed by atoms with Gasteiger partial charge in [-0.25, -0.2) is 0 Å².